The molecule has 86 valence electrons. The minimum atomic E-state index is 0.365. The van der Waals surface area contributed by atoms with Gasteiger partial charge < -0.3 is 10.6 Å². The van der Waals surface area contributed by atoms with Gasteiger partial charge in [-0.05, 0) is 44.1 Å². The lowest BCUT2D eigenvalue weighted by atomic mass is 9.85. The maximum Gasteiger partial charge on any atom is 0.0911 e. The molecule has 3 nitrogen and oxygen atoms in total. The van der Waals surface area contributed by atoms with Gasteiger partial charge >= 0.3 is 0 Å². The van der Waals surface area contributed by atoms with Crippen LogP contribution < -0.4 is 5.73 Å². The Bertz CT molecular complexity index is 241. The van der Waals surface area contributed by atoms with Crippen LogP contribution in [0.5, 0.6) is 0 Å². The van der Waals surface area contributed by atoms with E-state index >= 15 is 0 Å². The number of amidine groups is 1. The predicted molar refractivity (Wildman–Crippen MR) is 63.0 cm³/mol. The van der Waals surface area contributed by atoms with Crippen molar-refractivity contribution in [3.8, 4) is 0 Å². The summed E-state index contributed by atoms with van der Waals surface area (Å²) in [6, 6.07) is 0. The maximum absolute atomic E-state index is 7.38. The molecular formula is C12H23N3. The molecule has 2 saturated carbocycles. The second-order valence-corrected chi connectivity index (χ2v) is 5.70. The molecule has 0 atom stereocenters. The average molecular weight is 209 g/mol. The van der Waals surface area contributed by atoms with Crippen molar-refractivity contribution in [1.29, 1.82) is 5.41 Å². The third kappa shape index (κ3) is 2.94. The zero-order valence-corrected chi connectivity index (χ0v) is 9.76. The van der Waals surface area contributed by atoms with Crippen LogP contribution in [0.15, 0.2) is 0 Å². The summed E-state index contributed by atoms with van der Waals surface area (Å²) < 4.78 is 0. The number of nitrogens with one attached hydrogen (secondary N) is 1. The van der Waals surface area contributed by atoms with E-state index in [0.717, 1.165) is 18.9 Å². The molecule has 2 aliphatic rings. The Labute approximate surface area is 92.5 Å². The molecule has 0 heterocycles. The van der Waals surface area contributed by atoms with Gasteiger partial charge in [0, 0.05) is 19.5 Å². The fourth-order valence-corrected chi connectivity index (χ4v) is 2.72. The molecule has 2 aliphatic carbocycles. The van der Waals surface area contributed by atoms with Crippen LogP contribution in [0.3, 0.4) is 0 Å². The van der Waals surface area contributed by atoms with Crippen molar-refractivity contribution in [2.75, 3.05) is 20.1 Å². The highest BCUT2D eigenvalue weighted by Gasteiger charge is 2.43. The van der Waals surface area contributed by atoms with E-state index in [1.54, 1.807) is 0 Å². The molecule has 0 unspecified atom stereocenters. The van der Waals surface area contributed by atoms with Gasteiger partial charge in [0.1, 0.15) is 0 Å². The first kappa shape index (κ1) is 10.9. The van der Waals surface area contributed by atoms with Crippen molar-refractivity contribution in [3.05, 3.63) is 0 Å². The summed E-state index contributed by atoms with van der Waals surface area (Å²) in [6.07, 6.45) is 7.61. The molecule has 0 aromatic heterocycles. The fraction of sp³-hybridized carbons (Fsp3) is 0.917. The lowest BCUT2D eigenvalue weighted by Crippen LogP contribution is -2.35. The summed E-state index contributed by atoms with van der Waals surface area (Å²) in [7, 11) is 2.22. The quantitative estimate of drug-likeness (QED) is 0.518. The van der Waals surface area contributed by atoms with Crippen LogP contribution in [-0.2, 0) is 0 Å². The minimum Gasteiger partial charge on any atom is -0.388 e. The Morgan fingerprint density at radius 3 is 2.53 bits per heavy atom. The number of nitrogens with two attached hydrogens (primary N) is 1. The SMILES string of the molecule is CN(CC1CCC1)CC1(CC(=N)N)CC1. The molecule has 0 spiro atoms. The van der Waals surface area contributed by atoms with E-state index in [-0.39, 0.29) is 0 Å². The van der Waals surface area contributed by atoms with Crippen LogP contribution in [0, 0.1) is 16.7 Å². The second kappa shape index (κ2) is 4.12. The summed E-state index contributed by atoms with van der Waals surface area (Å²) in [5, 5.41) is 7.38. The molecule has 3 heteroatoms. The topological polar surface area (TPSA) is 53.1 Å². The van der Waals surface area contributed by atoms with Gasteiger partial charge in [-0.2, -0.15) is 0 Å². The largest absolute Gasteiger partial charge is 0.388 e. The van der Waals surface area contributed by atoms with Gasteiger partial charge in [-0.15, -0.1) is 0 Å². The second-order valence-electron chi connectivity index (χ2n) is 5.70. The molecule has 0 amide bonds. The smallest absolute Gasteiger partial charge is 0.0911 e. The zero-order valence-electron chi connectivity index (χ0n) is 9.76. The van der Waals surface area contributed by atoms with E-state index in [9.17, 15) is 0 Å². The summed E-state index contributed by atoms with van der Waals surface area (Å²) in [6.45, 7) is 2.39. The van der Waals surface area contributed by atoms with Gasteiger partial charge in [-0.3, -0.25) is 5.41 Å². The molecule has 0 aliphatic heterocycles. The van der Waals surface area contributed by atoms with Gasteiger partial charge in [0.05, 0.1) is 5.84 Å². The molecule has 0 bridgehead atoms. The Kier molecular flexibility index (Phi) is 3.01. The number of nitrogens with zero attached hydrogens (tertiary/aromatic N) is 1. The molecule has 0 aromatic carbocycles. The summed E-state index contributed by atoms with van der Waals surface area (Å²) in [5.74, 6) is 1.31. The van der Waals surface area contributed by atoms with Crippen molar-refractivity contribution in [1.82, 2.24) is 4.90 Å². The zero-order chi connectivity index (χ0) is 10.9. The minimum absolute atomic E-state index is 0.365. The fourth-order valence-electron chi connectivity index (χ4n) is 2.72. The van der Waals surface area contributed by atoms with Gasteiger partial charge in [0.25, 0.3) is 0 Å². The van der Waals surface area contributed by atoms with E-state index in [1.165, 1.54) is 38.6 Å². The van der Waals surface area contributed by atoms with Crippen molar-refractivity contribution >= 4 is 5.84 Å². The van der Waals surface area contributed by atoms with Crippen LogP contribution in [-0.4, -0.2) is 30.9 Å². The Balaban J connectivity index is 1.72. The van der Waals surface area contributed by atoms with Crippen LogP contribution >= 0.6 is 0 Å². The van der Waals surface area contributed by atoms with Crippen molar-refractivity contribution < 1.29 is 0 Å². The van der Waals surface area contributed by atoms with Crippen molar-refractivity contribution in [2.24, 2.45) is 17.1 Å². The van der Waals surface area contributed by atoms with E-state index in [0.29, 0.717) is 11.3 Å². The van der Waals surface area contributed by atoms with Gasteiger partial charge in [0.2, 0.25) is 0 Å². The van der Waals surface area contributed by atoms with Gasteiger partial charge in [0.15, 0.2) is 0 Å². The Morgan fingerprint density at radius 1 is 1.47 bits per heavy atom. The van der Waals surface area contributed by atoms with Crippen LogP contribution in [0.4, 0.5) is 0 Å². The highest BCUT2D eigenvalue weighted by molar-refractivity contribution is 5.78. The van der Waals surface area contributed by atoms with Gasteiger partial charge in [-0.25, -0.2) is 0 Å². The first-order valence-electron chi connectivity index (χ1n) is 6.11. The molecule has 0 radical (unpaired) electrons. The molecule has 2 fully saturated rings. The molecule has 15 heavy (non-hydrogen) atoms. The number of hydrogen-bond acceptors (Lipinski definition) is 2. The highest BCUT2D eigenvalue weighted by Crippen LogP contribution is 2.49. The lowest BCUT2D eigenvalue weighted by Gasteiger charge is -2.32. The summed E-state index contributed by atoms with van der Waals surface area (Å²) >= 11 is 0. The Hall–Kier alpha value is -0.570. The molecular weight excluding hydrogens is 186 g/mol. The molecule has 2 rings (SSSR count). The third-order valence-corrected chi connectivity index (χ3v) is 3.92. The van der Waals surface area contributed by atoms with E-state index in [1.807, 2.05) is 0 Å². The van der Waals surface area contributed by atoms with Crippen LogP contribution in [0.25, 0.3) is 0 Å². The molecule has 0 saturated heterocycles. The van der Waals surface area contributed by atoms with E-state index in [4.69, 9.17) is 11.1 Å². The van der Waals surface area contributed by atoms with Crippen LogP contribution in [0.2, 0.25) is 0 Å². The maximum atomic E-state index is 7.38. The third-order valence-electron chi connectivity index (χ3n) is 3.92. The highest BCUT2D eigenvalue weighted by atomic mass is 15.1. The number of rotatable bonds is 6. The predicted octanol–water partition coefficient (Wildman–Crippen LogP) is 1.82. The summed E-state index contributed by atoms with van der Waals surface area (Å²) in [5.41, 5.74) is 5.88. The van der Waals surface area contributed by atoms with E-state index in [2.05, 4.69) is 11.9 Å². The number of hydrogen-bond donors (Lipinski definition) is 2. The monoisotopic (exact) mass is 209 g/mol. The summed E-state index contributed by atoms with van der Waals surface area (Å²) in [4.78, 5) is 2.46. The van der Waals surface area contributed by atoms with Gasteiger partial charge in [-0.1, -0.05) is 6.42 Å². The normalized spacial score (nSPS) is 23.9. The van der Waals surface area contributed by atoms with Crippen molar-refractivity contribution in [2.45, 2.75) is 38.5 Å². The Morgan fingerprint density at radius 2 is 2.13 bits per heavy atom. The van der Waals surface area contributed by atoms with Crippen molar-refractivity contribution in [3.63, 3.8) is 0 Å². The molecule has 3 N–H and O–H groups in total. The van der Waals surface area contributed by atoms with Crippen LogP contribution in [0.1, 0.15) is 38.5 Å². The standard InChI is InChI=1S/C12H23N3/c1-15(8-10-3-2-4-10)9-12(5-6-12)7-11(13)14/h10H,2-9H2,1H3,(H3,13,14). The average Bonchev–Trinajstić information content (AvgIpc) is 2.76. The first-order chi connectivity index (χ1) is 7.10. The molecule has 0 aromatic rings. The van der Waals surface area contributed by atoms with E-state index < -0.39 is 0 Å². The first-order valence-corrected chi connectivity index (χ1v) is 6.11. The lowest BCUT2D eigenvalue weighted by molar-refractivity contribution is 0.180.